The van der Waals surface area contributed by atoms with Gasteiger partial charge in [0.05, 0.1) is 20.3 Å². The molecule has 0 aromatic heterocycles. The molecule has 108 valence electrons. The van der Waals surface area contributed by atoms with Crippen molar-refractivity contribution in [3.05, 3.63) is 34.9 Å². The maximum atomic E-state index is 12.0. The molecule has 0 aliphatic rings. The van der Waals surface area contributed by atoms with Crippen molar-refractivity contribution in [2.24, 2.45) is 0 Å². The fraction of sp³-hybridized carbons (Fsp3) is 0.500. The molecule has 1 N–H and O–H groups in total. The van der Waals surface area contributed by atoms with Crippen LogP contribution in [-0.4, -0.2) is 23.4 Å². The summed E-state index contributed by atoms with van der Waals surface area (Å²) in [5, 5.41) is 0.512. The van der Waals surface area contributed by atoms with Gasteiger partial charge in [-0.3, -0.25) is 9.36 Å². The number of rotatable bonds is 8. The third-order valence-corrected chi connectivity index (χ3v) is 4.27. The summed E-state index contributed by atoms with van der Waals surface area (Å²) in [6.45, 7) is 2.27. The van der Waals surface area contributed by atoms with Crippen molar-refractivity contribution in [1.29, 1.82) is 0 Å². The zero-order valence-corrected chi connectivity index (χ0v) is 12.7. The van der Waals surface area contributed by atoms with Crippen LogP contribution in [0.2, 0.25) is 5.02 Å². The summed E-state index contributed by atoms with van der Waals surface area (Å²) < 4.78 is 17.0. The lowest BCUT2D eigenvalue weighted by Gasteiger charge is -2.24. The predicted octanol–water partition coefficient (Wildman–Crippen LogP) is 3.62. The summed E-state index contributed by atoms with van der Waals surface area (Å²) in [5.41, 5.74) is 0.694. The van der Waals surface area contributed by atoms with Crippen molar-refractivity contribution < 1.29 is 18.8 Å². The minimum absolute atomic E-state index is 0.0794. The maximum Gasteiger partial charge on any atom is 0.428 e. The van der Waals surface area contributed by atoms with Crippen LogP contribution in [0.4, 0.5) is 0 Å². The van der Waals surface area contributed by atoms with Gasteiger partial charge in [-0.15, -0.1) is 0 Å². The highest BCUT2D eigenvalue weighted by Crippen LogP contribution is 2.47. The molecule has 0 fully saturated rings. The molecule has 19 heavy (non-hydrogen) atoms. The molecule has 0 spiro atoms. The summed E-state index contributed by atoms with van der Waals surface area (Å²) in [5.74, 6) is 0. The Morgan fingerprint density at radius 1 is 1.42 bits per heavy atom. The largest absolute Gasteiger partial charge is 0.428 e. The van der Waals surface area contributed by atoms with E-state index in [1.165, 1.54) is 7.11 Å². The van der Waals surface area contributed by atoms with Gasteiger partial charge in [0.1, 0.15) is 0 Å². The molecule has 0 saturated carbocycles. The van der Waals surface area contributed by atoms with Crippen molar-refractivity contribution >= 4 is 19.3 Å². The summed E-state index contributed by atoms with van der Waals surface area (Å²) in [7, 11) is -2.64. The van der Waals surface area contributed by atoms with Gasteiger partial charge < -0.3 is 4.89 Å². The van der Waals surface area contributed by atoms with Crippen LogP contribution in [-0.2, 0) is 20.5 Å². The predicted molar refractivity (Wildman–Crippen MR) is 74.7 cm³/mol. The van der Waals surface area contributed by atoms with Gasteiger partial charge in [-0.05, 0) is 18.1 Å². The molecule has 1 aromatic rings. The highest BCUT2D eigenvalue weighted by Gasteiger charge is 2.30. The summed E-state index contributed by atoms with van der Waals surface area (Å²) >= 11 is 6.01. The molecule has 0 aliphatic carbocycles. The lowest BCUT2D eigenvalue weighted by atomic mass is 10.2. The molecule has 1 unspecified atom stereocenters. The number of hydrogen-bond acceptors (Lipinski definition) is 3. The fourth-order valence-electron chi connectivity index (χ4n) is 1.42. The molecule has 1 rings (SSSR count). The van der Waals surface area contributed by atoms with E-state index in [9.17, 15) is 9.46 Å². The van der Waals surface area contributed by atoms with E-state index >= 15 is 0 Å². The van der Waals surface area contributed by atoms with Crippen molar-refractivity contribution in [1.82, 2.24) is 4.83 Å². The second-order valence-electron chi connectivity index (χ2n) is 3.96. The van der Waals surface area contributed by atoms with Crippen molar-refractivity contribution in [3.8, 4) is 0 Å². The molecule has 5 nitrogen and oxygen atoms in total. The first-order chi connectivity index (χ1) is 9.01. The van der Waals surface area contributed by atoms with Crippen LogP contribution in [0.15, 0.2) is 24.3 Å². The van der Waals surface area contributed by atoms with E-state index in [1.54, 1.807) is 24.3 Å². The Balaban J connectivity index is 2.72. The molecular formula is C12H19ClNO4P. The Labute approximate surface area is 118 Å². The number of halogens is 1. The highest BCUT2D eigenvalue weighted by molar-refractivity contribution is 7.49. The number of hydrogen-bond donors (Lipinski definition) is 1. The number of hydroxylamine groups is 1. The molecule has 1 aromatic carbocycles. The second-order valence-corrected chi connectivity index (χ2v) is 6.05. The van der Waals surface area contributed by atoms with Crippen LogP contribution in [0, 0.1) is 0 Å². The normalized spacial score (nSPS) is 14.6. The van der Waals surface area contributed by atoms with Crippen LogP contribution in [0.5, 0.6) is 0 Å². The highest BCUT2D eigenvalue weighted by atomic mass is 35.5. The Kier molecular flexibility index (Phi) is 7.00. The summed E-state index contributed by atoms with van der Waals surface area (Å²) in [6, 6.07) is 7.07. The van der Waals surface area contributed by atoms with E-state index in [1.807, 2.05) is 6.92 Å². The first kappa shape index (κ1) is 16.6. The number of benzene rings is 1. The second kappa shape index (κ2) is 8.00. The van der Waals surface area contributed by atoms with Gasteiger partial charge in [0.25, 0.3) is 0 Å². The standard InChI is InChI=1S/C12H19ClNO4P/c1-3-4-9-18-19(15,16)14(17-2)10-11-7-5-6-8-12(11)13/h5-8H,3-4,9-10H2,1-2H3,(H,15,16). The molecule has 0 saturated heterocycles. The summed E-state index contributed by atoms with van der Waals surface area (Å²) in [6.07, 6.45) is 1.60. The zero-order chi connectivity index (χ0) is 14.3. The van der Waals surface area contributed by atoms with E-state index in [-0.39, 0.29) is 13.2 Å². The Bertz CT molecular complexity index is 443. The zero-order valence-electron chi connectivity index (χ0n) is 11.1. The Morgan fingerprint density at radius 3 is 2.68 bits per heavy atom. The van der Waals surface area contributed by atoms with Gasteiger partial charge in [-0.2, -0.15) is 0 Å². The summed E-state index contributed by atoms with van der Waals surface area (Å²) in [4.78, 5) is 15.7. The van der Waals surface area contributed by atoms with Crippen LogP contribution in [0.25, 0.3) is 0 Å². The van der Waals surface area contributed by atoms with Crippen molar-refractivity contribution in [3.63, 3.8) is 0 Å². The topological polar surface area (TPSA) is 59.0 Å². The van der Waals surface area contributed by atoms with E-state index in [4.69, 9.17) is 21.0 Å². The fourth-order valence-corrected chi connectivity index (χ4v) is 2.65. The van der Waals surface area contributed by atoms with E-state index in [2.05, 4.69) is 0 Å². The molecule has 0 amide bonds. The minimum Gasteiger partial charge on any atom is -0.311 e. The van der Waals surface area contributed by atoms with Gasteiger partial charge >= 0.3 is 7.75 Å². The number of unbranched alkanes of at least 4 members (excludes halogenated alkanes) is 1. The van der Waals surface area contributed by atoms with Crippen LogP contribution >= 0.6 is 19.3 Å². The van der Waals surface area contributed by atoms with Crippen LogP contribution < -0.4 is 0 Å². The van der Waals surface area contributed by atoms with Crippen molar-refractivity contribution in [2.75, 3.05) is 13.7 Å². The number of nitrogens with zero attached hydrogens (tertiary/aromatic N) is 1. The van der Waals surface area contributed by atoms with E-state index < -0.39 is 7.75 Å². The van der Waals surface area contributed by atoms with Gasteiger partial charge in [0.15, 0.2) is 0 Å². The van der Waals surface area contributed by atoms with Crippen LogP contribution in [0.1, 0.15) is 25.3 Å². The molecule has 0 heterocycles. The quantitative estimate of drug-likeness (QED) is 0.451. The lowest BCUT2D eigenvalue weighted by molar-refractivity contribution is -0.0833. The minimum atomic E-state index is -3.97. The van der Waals surface area contributed by atoms with Gasteiger partial charge in [-0.1, -0.05) is 48.0 Å². The van der Waals surface area contributed by atoms with Gasteiger partial charge in [-0.25, -0.2) is 4.57 Å². The molecule has 1 atom stereocenters. The molecule has 7 heteroatoms. The van der Waals surface area contributed by atoms with Crippen LogP contribution in [0.3, 0.4) is 0 Å². The smallest absolute Gasteiger partial charge is 0.311 e. The van der Waals surface area contributed by atoms with E-state index in [0.29, 0.717) is 17.0 Å². The SMILES string of the molecule is CCCCOP(=O)(O)N(Cc1ccccc1Cl)OC. The molecule has 0 radical (unpaired) electrons. The third kappa shape index (κ3) is 5.22. The maximum absolute atomic E-state index is 12.0. The lowest BCUT2D eigenvalue weighted by Crippen LogP contribution is -2.20. The molecular weight excluding hydrogens is 289 g/mol. The van der Waals surface area contributed by atoms with Gasteiger partial charge in [0.2, 0.25) is 0 Å². The molecule has 0 aliphatic heterocycles. The van der Waals surface area contributed by atoms with Crippen molar-refractivity contribution in [2.45, 2.75) is 26.3 Å². The monoisotopic (exact) mass is 307 g/mol. The Morgan fingerprint density at radius 2 is 2.11 bits per heavy atom. The average molecular weight is 308 g/mol. The van der Waals surface area contributed by atoms with Gasteiger partial charge in [0, 0.05) is 5.02 Å². The third-order valence-electron chi connectivity index (χ3n) is 2.51. The Hall–Kier alpha value is -0.420. The average Bonchev–Trinajstić information content (AvgIpc) is 2.37. The van der Waals surface area contributed by atoms with E-state index in [0.717, 1.165) is 11.3 Å². The molecule has 0 bridgehead atoms. The first-order valence-electron chi connectivity index (χ1n) is 6.04. The first-order valence-corrected chi connectivity index (χ1v) is 7.95.